The Bertz CT molecular complexity index is 747. The summed E-state index contributed by atoms with van der Waals surface area (Å²) in [5.41, 5.74) is 16.5. The first kappa shape index (κ1) is 30.7. The molecule has 194 valence electrons. The number of aliphatic carboxylic acids is 2. The van der Waals surface area contributed by atoms with Crippen molar-refractivity contribution in [3.63, 3.8) is 0 Å². The van der Waals surface area contributed by atoms with Gasteiger partial charge in [-0.2, -0.15) is 0 Å². The molecule has 34 heavy (non-hydrogen) atoms. The Hall–Kier alpha value is -3.26. The van der Waals surface area contributed by atoms with Crippen molar-refractivity contribution in [3.05, 3.63) is 0 Å². The number of carboxylic acid groups (broad SMARTS) is 2. The molecule has 0 heterocycles. The lowest BCUT2D eigenvalue weighted by Crippen LogP contribution is -2.58. The average Bonchev–Trinajstić information content (AvgIpc) is 2.75. The van der Waals surface area contributed by atoms with Gasteiger partial charge in [-0.25, -0.2) is 4.79 Å². The van der Waals surface area contributed by atoms with Crippen LogP contribution in [0.4, 0.5) is 0 Å². The van der Waals surface area contributed by atoms with E-state index in [1.165, 1.54) is 0 Å². The predicted molar refractivity (Wildman–Crippen MR) is 120 cm³/mol. The Morgan fingerprint density at radius 1 is 0.824 bits per heavy atom. The third kappa shape index (κ3) is 11.6. The zero-order valence-electron chi connectivity index (χ0n) is 19.4. The molecule has 5 unspecified atom stereocenters. The van der Waals surface area contributed by atoms with Crippen LogP contribution in [0, 0.1) is 5.92 Å². The second kappa shape index (κ2) is 15.6. The summed E-state index contributed by atoms with van der Waals surface area (Å²) >= 11 is 0. The van der Waals surface area contributed by atoms with Gasteiger partial charge in [-0.05, 0) is 31.7 Å². The van der Waals surface area contributed by atoms with Gasteiger partial charge in [0, 0.05) is 0 Å². The maximum absolute atomic E-state index is 12.9. The summed E-state index contributed by atoms with van der Waals surface area (Å²) in [7, 11) is 0. The van der Waals surface area contributed by atoms with E-state index in [4.69, 9.17) is 27.4 Å². The van der Waals surface area contributed by atoms with Crippen LogP contribution in [0.15, 0.2) is 0 Å². The van der Waals surface area contributed by atoms with Crippen molar-refractivity contribution in [1.82, 2.24) is 16.0 Å². The summed E-state index contributed by atoms with van der Waals surface area (Å²) in [5.74, 6) is -6.77. The van der Waals surface area contributed by atoms with E-state index in [-0.39, 0.29) is 12.3 Å². The number of carboxylic acids is 2. The summed E-state index contributed by atoms with van der Waals surface area (Å²) < 4.78 is 0. The molecule has 0 aliphatic rings. The third-order valence-electron chi connectivity index (χ3n) is 5.17. The van der Waals surface area contributed by atoms with E-state index in [9.17, 15) is 28.8 Å². The number of nitrogens with two attached hydrogens (primary N) is 3. The molecule has 0 aromatic carbocycles. The maximum atomic E-state index is 12.9. The molecule has 0 aliphatic carbocycles. The van der Waals surface area contributed by atoms with Gasteiger partial charge in [0.05, 0.1) is 18.9 Å². The van der Waals surface area contributed by atoms with Gasteiger partial charge in [-0.15, -0.1) is 0 Å². The van der Waals surface area contributed by atoms with E-state index in [0.29, 0.717) is 25.8 Å². The first-order chi connectivity index (χ1) is 15.8. The summed E-state index contributed by atoms with van der Waals surface area (Å²) in [6.07, 6.45) is 0.179. The largest absolute Gasteiger partial charge is 0.481 e. The van der Waals surface area contributed by atoms with Crippen molar-refractivity contribution in [2.24, 2.45) is 23.1 Å². The molecular weight excluding hydrogens is 452 g/mol. The fraction of sp³-hybridized carbons (Fsp3) is 0.700. The lowest BCUT2D eigenvalue weighted by molar-refractivity contribution is -0.147. The predicted octanol–water partition coefficient (Wildman–Crippen LogP) is -2.62. The van der Waals surface area contributed by atoms with Gasteiger partial charge in [0.1, 0.15) is 18.1 Å². The van der Waals surface area contributed by atoms with Crippen molar-refractivity contribution in [2.75, 3.05) is 6.54 Å². The van der Waals surface area contributed by atoms with Crippen LogP contribution in [0.2, 0.25) is 0 Å². The number of nitrogens with one attached hydrogen (secondary N) is 3. The minimum atomic E-state index is -1.80. The Kier molecular flexibility index (Phi) is 14.1. The fourth-order valence-electron chi connectivity index (χ4n) is 2.87. The minimum absolute atomic E-state index is 0.156. The van der Waals surface area contributed by atoms with Crippen molar-refractivity contribution in [2.45, 2.75) is 76.5 Å². The molecule has 14 nitrogen and oxygen atoms in total. The van der Waals surface area contributed by atoms with E-state index < -0.39 is 72.6 Å². The van der Waals surface area contributed by atoms with Gasteiger partial charge in [-0.3, -0.25) is 24.0 Å². The summed E-state index contributed by atoms with van der Waals surface area (Å²) in [4.78, 5) is 71.4. The van der Waals surface area contributed by atoms with Gasteiger partial charge in [0.25, 0.3) is 0 Å². The van der Waals surface area contributed by atoms with Crippen LogP contribution in [0.25, 0.3) is 0 Å². The molecule has 0 bridgehead atoms. The van der Waals surface area contributed by atoms with Crippen molar-refractivity contribution < 1.29 is 39.0 Å². The number of carbonyl (C=O) groups excluding carboxylic acids is 4. The van der Waals surface area contributed by atoms with Crippen LogP contribution in [-0.2, 0) is 28.8 Å². The second-order valence-electron chi connectivity index (χ2n) is 7.99. The number of rotatable bonds is 17. The van der Waals surface area contributed by atoms with Crippen molar-refractivity contribution in [1.29, 1.82) is 0 Å². The molecular formula is C20H36N6O8. The molecule has 5 atom stereocenters. The Labute approximate surface area is 197 Å². The number of unbranched alkanes of at least 4 members (excludes halogenated alkanes) is 1. The van der Waals surface area contributed by atoms with Gasteiger partial charge in [0.15, 0.2) is 0 Å². The maximum Gasteiger partial charge on any atom is 0.326 e. The van der Waals surface area contributed by atoms with E-state index in [1.807, 2.05) is 12.2 Å². The highest BCUT2D eigenvalue weighted by Crippen LogP contribution is 2.08. The fourth-order valence-corrected chi connectivity index (χ4v) is 2.87. The van der Waals surface area contributed by atoms with Crippen LogP contribution in [0.1, 0.15) is 52.4 Å². The normalized spacial score (nSPS) is 15.2. The number of amides is 4. The van der Waals surface area contributed by atoms with Crippen molar-refractivity contribution >= 4 is 35.6 Å². The Morgan fingerprint density at radius 3 is 1.82 bits per heavy atom. The first-order valence-electron chi connectivity index (χ1n) is 10.9. The highest BCUT2D eigenvalue weighted by atomic mass is 16.4. The molecule has 0 aromatic rings. The zero-order chi connectivity index (χ0) is 26.4. The lowest BCUT2D eigenvalue weighted by Gasteiger charge is -2.25. The Balaban J connectivity index is 5.58. The highest BCUT2D eigenvalue weighted by molar-refractivity contribution is 5.96. The smallest absolute Gasteiger partial charge is 0.326 e. The van der Waals surface area contributed by atoms with Gasteiger partial charge < -0.3 is 43.4 Å². The lowest BCUT2D eigenvalue weighted by atomic mass is 9.98. The summed E-state index contributed by atoms with van der Waals surface area (Å²) in [6.45, 7) is 3.98. The molecule has 0 radical (unpaired) electrons. The minimum Gasteiger partial charge on any atom is -0.481 e. The number of hydrogen-bond acceptors (Lipinski definition) is 8. The third-order valence-corrected chi connectivity index (χ3v) is 5.17. The van der Waals surface area contributed by atoms with Gasteiger partial charge >= 0.3 is 11.9 Å². The molecule has 0 aromatic heterocycles. The molecule has 4 amide bonds. The van der Waals surface area contributed by atoms with Gasteiger partial charge in [0.2, 0.25) is 23.6 Å². The average molecular weight is 489 g/mol. The molecule has 0 saturated heterocycles. The summed E-state index contributed by atoms with van der Waals surface area (Å²) in [6, 6.07) is -5.40. The van der Waals surface area contributed by atoms with Gasteiger partial charge in [-0.1, -0.05) is 20.3 Å². The molecule has 0 aliphatic heterocycles. The topological polar surface area (TPSA) is 257 Å². The van der Waals surface area contributed by atoms with Crippen LogP contribution in [0.5, 0.6) is 0 Å². The van der Waals surface area contributed by atoms with Crippen LogP contribution in [0.3, 0.4) is 0 Å². The molecule has 0 fully saturated rings. The SMILES string of the molecule is CCC(C)C(N)C(=O)NC(CCCCN)C(=O)NC(CC(N)=O)C(=O)NC(CC(=O)O)C(=O)O. The van der Waals surface area contributed by atoms with Crippen LogP contribution < -0.4 is 33.2 Å². The van der Waals surface area contributed by atoms with Crippen molar-refractivity contribution in [3.8, 4) is 0 Å². The van der Waals surface area contributed by atoms with E-state index in [0.717, 1.165) is 0 Å². The number of carbonyl (C=O) groups is 6. The monoisotopic (exact) mass is 488 g/mol. The van der Waals surface area contributed by atoms with E-state index >= 15 is 0 Å². The number of primary amides is 1. The Morgan fingerprint density at radius 2 is 1.35 bits per heavy atom. The highest BCUT2D eigenvalue weighted by Gasteiger charge is 2.32. The molecule has 14 heteroatoms. The van der Waals surface area contributed by atoms with E-state index in [2.05, 4.69) is 10.6 Å². The summed E-state index contributed by atoms with van der Waals surface area (Å²) in [5, 5.41) is 24.7. The second-order valence-corrected chi connectivity index (χ2v) is 7.99. The molecule has 0 saturated carbocycles. The zero-order valence-corrected chi connectivity index (χ0v) is 19.4. The van der Waals surface area contributed by atoms with Crippen LogP contribution >= 0.6 is 0 Å². The standard InChI is InChI=1S/C20H36N6O8/c1-3-10(2)16(23)19(32)24-11(6-4-5-7-21)17(30)25-12(8-14(22)27)18(31)26-13(20(33)34)9-15(28)29/h10-13,16H,3-9,21,23H2,1-2H3,(H2,22,27)(H,24,32)(H,25,30)(H,26,31)(H,28,29)(H,33,34). The molecule has 11 N–H and O–H groups in total. The quantitative estimate of drug-likeness (QED) is 0.0988. The molecule has 0 rings (SSSR count). The van der Waals surface area contributed by atoms with E-state index in [1.54, 1.807) is 6.92 Å². The first-order valence-corrected chi connectivity index (χ1v) is 10.9. The van der Waals surface area contributed by atoms with Crippen LogP contribution in [-0.4, -0.2) is 76.5 Å². The number of hydrogen-bond donors (Lipinski definition) is 8. The molecule has 0 spiro atoms.